The highest BCUT2D eigenvalue weighted by Crippen LogP contribution is 2.28. The number of halogens is 3. The number of aryl methyl sites for hydroxylation is 1. The van der Waals surface area contributed by atoms with E-state index in [9.17, 15) is 9.90 Å². The minimum absolute atomic E-state index is 0.0351. The molecule has 0 aromatic heterocycles. The molecule has 3 aromatic rings. The van der Waals surface area contributed by atoms with Crippen LogP contribution in [0, 0.1) is 0 Å². The highest BCUT2D eigenvalue weighted by molar-refractivity contribution is 6.31. The van der Waals surface area contributed by atoms with Crippen molar-refractivity contribution in [3.63, 3.8) is 0 Å². The van der Waals surface area contributed by atoms with Gasteiger partial charge in [0.1, 0.15) is 0 Å². The first-order chi connectivity index (χ1) is 15.4. The number of carbonyl (C=O) groups is 1. The van der Waals surface area contributed by atoms with Crippen LogP contribution < -0.4 is 0 Å². The molecule has 2 nitrogen and oxygen atoms in total. The molecule has 0 fully saturated rings. The van der Waals surface area contributed by atoms with Crippen molar-refractivity contribution in [1.29, 1.82) is 0 Å². The fraction of sp³-hybridized carbons (Fsp3) is 0.222. The second kappa shape index (κ2) is 12.2. The maximum Gasteiger partial charge on any atom is 0.155 e. The molecule has 0 aliphatic carbocycles. The number of allylic oxidation sites excluding steroid dienone is 1. The smallest absolute Gasteiger partial charge is 0.155 e. The third-order valence-corrected chi connectivity index (χ3v) is 6.14. The summed E-state index contributed by atoms with van der Waals surface area (Å²) in [6, 6.07) is 22.7. The lowest BCUT2D eigenvalue weighted by Crippen LogP contribution is -2.20. The lowest BCUT2D eigenvalue weighted by atomic mass is 9.86. The summed E-state index contributed by atoms with van der Waals surface area (Å²) in [5, 5.41) is 13.0. The van der Waals surface area contributed by atoms with Crippen LogP contribution in [0.5, 0.6) is 0 Å². The zero-order valence-electron chi connectivity index (χ0n) is 17.6. The van der Waals surface area contributed by atoms with E-state index in [1.807, 2.05) is 72.8 Å². The van der Waals surface area contributed by atoms with Crippen molar-refractivity contribution in [3.8, 4) is 0 Å². The molecule has 3 aromatic carbocycles. The zero-order valence-corrected chi connectivity index (χ0v) is 19.8. The first-order valence-electron chi connectivity index (χ1n) is 10.5. The first kappa shape index (κ1) is 24.5. The van der Waals surface area contributed by atoms with Crippen LogP contribution in [0.3, 0.4) is 0 Å². The van der Waals surface area contributed by atoms with Gasteiger partial charge >= 0.3 is 0 Å². The summed E-state index contributed by atoms with van der Waals surface area (Å²) in [7, 11) is 0. The Morgan fingerprint density at radius 1 is 0.781 bits per heavy atom. The number of hydrogen-bond donors (Lipinski definition) is 1. The van der Waals surface area contributed by atoms with Gasteiger partial charge in [-0.05, 0) is 78.4 Å². The molecule has 0 amide bonds. The molecule has 0 saturated carbocycles. The van der Waals surface area contributed by atoms with Crippen molar-refractivity contribution in [2.75, 3.05) is 0 Å². The molecule has 0 spiro atoms. The van der Waals surface area contributed by atoms with Crippen LogP contribution >= 0.6 is 34.8 Å². The molecule has 0 aliphatic rings. The molecule has 5 heteroatoms. The van der Waals surface area contributed by atoms with Gasteiger partial charge in [0.2, 0.25) is 0 Å². The van der Waals surface area contributed by atoms with Crippen molar-refractivity contribution >= 4 is 40.6 Å². The lowest BCUT2D eigenvalue weighted by Gasteiger charge is -2.23. The van der Waals surface area contributed by atoms with Gasteiger partial charge in [-0.15, -0.1) is 0 Å². The Morgan fingerprint density at radius 3 is 1.84 bits per heavy atom. The van der Waals surface area contributed by atoms with Gasteiger partial charge in [-0.25, -0.2) is 0 Å². The molecule has 0 radical (unpaired) electrons. The Bertz CT molecular complexity index is 1030. The van der Waals surface area contributed by atoms with E-state index in [0.717, 1.165) is 16.7 Å². The number of rotatable bonds is 10. The fourth-order valence-electron chi connectivity index (χ4n) is 3.57. The van der Waals surface area contributed by atoms with Crippen LogP contribution in [0.15, 0.2) is 84.9 Å². The quantitative estimate of drug-likeness (QED) is 0.301. The van der Waals surface area contributed by atoms with Gasteiger partial charge in [-0.2, -0.15) is 0 Å². The Labute approximate surface area is 204 Å². The summed E-state index contributed by atoms with van der Waals surface area (Å²) in [4.78, 5) is 12.2. The van der Waals surface area contributed by atoms with E-state index in [2.05, 4.69) is 0 Å². The molecule has 3 rings (SSSR count). The first-order valence-corrected chi connectivity index (χ1v) is 11.7. The SMILES string of the molecule is O=C(/C=C/C[C@H](O)[C@H](Cc1ccc(Cl)cc1)c1ccc(Cl)cc1)CCc1ccc(Cl)cc1. The average molecular weight is 488 g/mol. The Morgan fingerprint density at radius 2 is 1.28 bits per heavy atom. The topological polar surface area (TPSA) is 37.3 Å². The van der Waals surface area contributed by atoms with Gasteiger partial charge in [-0.1, -0.05) is 77.3 Å². The van der Waals surface area contributed by atoms with E-state index in [1.165, 1.54) is 0 Å². The van der Waals surface area contributed by atoms with Gasteiger partial charge < -0.3 is 5.11 Å². The van der Waals surface area contributed by atoms with Crippen molar-refractivity contribution < 1.29 is 9.90 Å². The summed E-state index contributed by atoms with van der Waals surface area (Å²) >= 11 is 17.9. The second-order valence-electron chi connectivity index (χ2n) is 7.79. The molecule has 0 aliphatic heterocycles. The standard InChI is InChI=1S/C27H25Cl3O2/c28-22-11-4-19(5-12-22)8-17-25(31)2-1-3-27(32)26(21-9-15-24(30)16-10-21)18-20-6-13-23(29)14-7-20/h1-2,4-7,9-16,26-27,32H,3,8,17-18H2/b2-1+/t26-,27+/m1/s1. The van der Waals surface area contributed by atoms with Crippen LogP contribution in [0.2, 0.25) is 15.1 Å². The van der Waals surface area contributed by atoms with Crippen LogP contribution in [-0.2, 0) is 17.6 Å². The molecule has 2 atom stereocenters. The molecule has 0 saturated heterocycles. The summed E-state index contributed by atoms with van der Waals surface area (Å²) in [5.74, 6) is -0.102. The van der Waals surface area contributed by atoms with Gasteiger partial charge in [0.15, 0.2) is 5.78 Å². The Kier molecular flexibility index (Phi) is 9.37. The van der Waals surface area contributed by atoms with E-state index < -0.39 is 6.10 Å². The molecule has 0 bridgehead atoms. The number of ketones is 1. The largest absolute Gasteiger partial charge is 0.392 e. The van der Waals surface area contributed by atoms with Crippen LogP contribution in [0.1, 0.15) is 35.4 Å². The third-order valence-electron chi connectivity index (χ3n) is 5.39. The molecular formula is C27H25Cl3O2. The minimum atomic E-state index is -0.646. The number of carbonyl (C=O) groups excluding carboxylic acids is 1. The van der Waals surface area contributed by atoms with Gasteiger partial charge in [0, 0.05) is 27.4 Å². The van der Waals surface area contributed by atoms with Crippen molar-refractivity contribution in [2.24, 2.45) is 0 Å². The van der Waals surface area contributed by atoms with Crippen LogP contribution in [0.4, 0.5) is 0 Å². The highest BCUT2D eigenvalue weighted by atomic mass is 35.5. The Balaban J connectivity index is 1.61. The molecule has 1 N–H and O–H groups in total. The number of aliphatic hydroxyl groups is 1. The van der Waals surface area contributed by atoms with E-state index in [1.54, 1.807) is 12.2 Å². The molecule has 0 heterocycles. The summed E-state index contributed by atoms with van der Waals surface area (Å²) in [6.07, 6.45) is 4.80. The molecule has 0 unspecified atom stereocenters. The van der Waals surface area contributed by atoms with Gasteiger partial charge in [-0.3, -0.25) is 4.79 Å². The lowest BCUT2D eigenvalue weighted by molar-refractivity contribution is -0.114. The number of hydrogen-bond acceptors (Lipinski definition) is 2. The van der Waals surface area contributed by atoms with E-state index in [-0.39, 0.29) is 11.7 Å². The highest BCUT2D eigenvalue weighted by Gasteiger charge is 2.21. The van der Waals surface area contributed by atoms with E-state index >= 15 is 0 Å². The average Bonchev–Trinajstić information content (AvgIpc) is 2.79. The second-order valence-corrected chi connectivity index (χ2v) is 9.10. The summed E-state index contributed by atoms with van der Waals surface area (Å²) in [6.45, 7) is 0. The van der Waals surface area contributed by atoms with Crippen molar-refractivity contribution in [2.45, 2.75) is 37.7 Å². The van der Waals surface area contributed by atoms with Crippen LogP contribution in [0.25, 0.3) is 0 Å². The van der Waals surface area contributed by atoms with Gasteiger partial charge in [0.05, 0.1) is 6.10 Å². The maximum atomic E-state index is 12.2. The zero-order chi connectivity index (χ0) is 22.9. The Hall–Kier alpha value is -2.10. The molecular weight excluding hydrogens is 463 g/mol. The predicted octanol–water partition coefficient (Wildman–Crippen LogP) is 7.48. The minimum Gasteiger partial charge on any atom is -0.392 e. The third kappa shape index (κ3) is 7.79. The van der Waals surface area contributed by atoms with E-state index in [4.69, 9.17) is 34.8 Å². The monoisotopic (exact) mass is 486 g/mol. The number of benzene rings is 3. The predicted molar refractivity (Wildman–Crippen MR) is 134 cm³/mol. The molecule has 166 valence electrons. The van der Waals surface area contributed by atoms with E-state index in [0.29, 0.717) is 40.8 Å². The summed E-state index contributed by atoms with van der Waals surface area (Å²) < 4.78 is 0. The van der Waals surface area contributed by atoms with Crippen molar-refractivity contribution in [3.05, 3.63) is 117 Å². The number of aliphatic hydroxyl groups excluding tert-OH is 1. The maximum absolute atomic E-state index is 12.2. The van der Waals surface area contributed by atoms with Crippen LogP contribution in [-0.4, -0.2) is 17.0 Å². The van der Waals surface area contributed by atoms with Crippen molar-refractivity contribution in [1.82, 2.24) is 0 Å². The normalized spacial score (nSPS) is 13.2. The summed E-state index contributed by atoms with van der Waals surface area (Å²) in [5.41, 5.74) is 3.15. The fourth-order valence-corrected chi connectivity index (χ4v) is 3.94. The van der Waals surface area contributed by atoms with Gasteiger partial charge in [0.25, 0.3) is 0 Å². The molecule has 32 heavy (non-hydrogen) atoms.